The highest BCUT2D eigenvalue weighted by molar-refractivity contribution is 8.19. The van der Waals surface area contributed by atoms with E-state index in [2.05, 4.69) is 0 Å². The Kier molecular flexibility index (Phi) is 8.44. The van der Waals surface area contributed by atoms with Gasteiger partial charge in [0.05, 0.1) is 21.2 Å². The number of benzene rings is 4. The van der Waals surface area contributed by atoms with Gasteiger partial charge in [-0.05, 0) is 102 Å². The molecule has 0 atom stereocenters. The molecule has 1 amide bonds. The van der Waals surface area contributed by atoms with Crippen molar-refractivity contribution in [3.8, 4) is 5.75 Å². The van der Waals surface area contributed by atoms with Crippen LogP contribution >= 0.6 is 35.0 Å². The maximum atomic E-state index is 13.7. The van der Waals surface area contributed by atoms with Crippen LogP contribution in [0.15, 0.2) is 94.8 Å². The summed E-state index contributed by atoms with van der Waals surface area (Å²) in [4.78, 5) is 30.9. The van der Waals surface area contributed by atoms with E-state index in [0.29, 0.717) is 37.2 Å². The average Bonchev–Trinajstić information content (AvgIpc) is 3.25. The monoisotopic (exact) mass is 603 g/mol. The predicted molar refractivity (Wildman–Crippen MR) is 166 cm³/mol. The Labute approximate surface area is 251 Å². The first-order valence-electron chi connectivity index (χ1n) is 12.5. The van der Waals surface area contributed by atoms with Crippen LogP contribution in [0.4, 0.5) is 17.1 Å². The number of aryl methyl sites for hydroxylation is 2. The molecule has 1 saturated heterocycles. The zero-order valence-electron chi connectivity index (χ0n) is 22.0. The molecule has 0 bridgehead atoms. The first-order chi connectivity index (χ1) is 19.7. The minimum Gasteiger partial charge on any atom is -0.489 e. The SMILES string of the molecule is Cc1ccc(N=C2S/C(=C\c3cccc(OCc4ccc([N+](=O)[O-])cc4)c3)C(=O)N2c2ccc(C)c(Cl)c2)cc1Cl. The van der Waals surface area contributed by atoms with Crippen molar-refractivity contribution < 1.29 is 14.5 Å². The molecule has 0 unspecified atom stereocenters. The molecule has 41 heavy (non-hydrogen) atoms. The Bertz CT molecular complexity index is 1720. The van der Waals surface area contributed by atoms with Crippen molar-refractivity contribution >= 4 is 69.2 Å². The molecule has 0 aromatic heterocycles. The van der Waals surface area contributed by atoms with Gasteiger partial charge in [-0.1, -0.05) is 47.5 Å². The minimum absolute atomic E-state index is 0.0245. The number of halogens is 2. The summed E-state index contributed by atoms with van der Waals surface area (Å²) in [6.45, 7) is 4.06. The summed E-state index contributed by atoms with van der Waals surface area (Å²) in [5, 5.41) is 12.5. The van der Waals surface area contributed by atoms with Crippen LogP contribution in [0, 0.1) is 24.0 Å². The second kappa shape index (κ2) is 12.2. The quantitative estimate of drug-likeness (QED) is 0.120. The predicted octanol–water partition coefficient (Wildman–Crippen LogP) is 8.91. The lowest BCUT2D eigenvalue weighted by atomic mass is 10.2. The van der Waals surface area contributed by atoms with Crippen molar-refractivity contribution in [3.63, 3.8) is 0 Å². The maximum absolute atomic E-state index is 13.7. The molecule has 1 aliphatic heterocycles. The van der Waals surface area contributed by atoms with Crippen molar-refractivity contribution in [3.05, 3.63) is 132 Å². The molecule has 0 saturated carbocycles. The fraction of sp³-hybridized carbons (Fsp3) is 0.0968. The number of rotatable bonds is 7. The van der Waals surface area contributed by atoms with E-state index in [1.165, 1.54) is 23.9 Å². The fourth-order valence-corrected chi connectivity index (χ4v) is 5.34. The molecule has 0 spiro atoms. The van der Waals surface area contributed by atoms with Gasteiger partial charge in [-0.3, -0.25) is 19.8 Å². The van der Waals surface area contributed by atoms with Crippen molar-refractivity contribution in [2.75, 3.05) is 4.90 Å². The second-order valence-corrected chi connectivity index (χ2v) is 11.1. The number of carbonyl (C=O) groups excluding carboxylic acids is 1. The molecular weight excluding hydrogens is 581 g/mol. The van der Waals surface area contributed by atoms with Crippen LogP contribution in [-0.4, -0.2) is 16.0 Å². The van der Waals surface area contributed by atoms with Gasteiger partial charge in [-0.25, -0.2) is 4.99 Å². The van der Waals surface area contributed by atoms with Gasteiger partial charge in [0, 0.05) is 22.2 Å². The van der Waals surface area contributed by atoms with Crippen molar-refractivity contribution in [1.82, 2.24) is 0 Å². The Hall–Kier alpha value is -4.11. The summed E-state index contributed by atoms with van der Waals surface area (Å²) in [5.41, 5.74) is 4.66. The lowest BCUT2D eigenvalue weighted by Crippen LogP contribution is -2.28. The van der Waals surface area contributed by atoms with Crippen LogP contribution in [0.2, 0.25) is 10.0 Å². The molecule has 4 aromatic rings. The number of carbonyl (C=O) groups is 1. The maximum Gasteiger partial charge on any atom is 0.271 e. The van der Waals surface area contributed by atoms with E-state index in [9.17, 15) is 14.9 Å². The van der Waals surface area contributed by atoms with E-state index >= 15 is 0 Å². The van der Waals surface area contributed by atoms with E-state index in [1.807, 2.05) is 62.4 Å². The lowest BCUT2D eigenvalue weighted by molar-refractivity contribution is -0.384. The molecule has 1 aliphatic rings. The third-order valence-electron chi connectivity index (χ3n) is 6.31. The van der Waals surface area contributed by atoms with Crippen LogP contribution in [0.3, 0.4) is 0 Å². The van der Waals surface area contributed by atoms with Crippen LogP contribution < -0.4 is 9.64 Å². The van der Waals surface area contributed by atoms with Gasteiger partial charge >= 0.3 is 0 Å². The number of nitrogens with zero attached hydrogens (tertiary/aromatic N) is 3. The van der Waals surface area contributed by atoms with Gasteiger partial charge in [-0.2, -0.15) is 0 Å². The summed E-state index contributed by atoms with van der Waals surface area (Å²) in [5.74, 6) is 0.364. The molecule has 5 rings (SSSR count). The van der Waals surface area contributed by atoms with Crippen molar-refractivity contribution in [1.29, 1.82) is 0 Å². The molecule has 7 nitrogen and oxygen atoms in total. The normalized spacial score (nSPS) is 15.1. The number of aliphatic imine (C=N–C) groups is 1. The van der Waals surface area contributed by atoms with Crippen LogP contribution in [-0.2, 0) is 11.4 Å². The van der Waals surface area contributed by atoms with Gasteiger partial charge in [-0.15, -0.1) is 0 Å². The van der Waals surface area contributed by atoms with E-state index in [-0.39, 0.29) is 18.2 Å². The van der Waals surface area contributed by atoms with Crippen molar-refractivity contribution in [2.45, 2.75) is 20.5 Å². The Morgan fingerprint density at radius 2 is 1.66 bits per heavy atom. The summed E-state index contributed by atoms with van der Waals surface area (Å²) in [7, 11) is 0. The van der Waals surface area contributed by atoms with Crippen LogP contribution in [0.5, 0.6) is 5.75 Å². The van der Waals surface area contributed by atoms with Crippen LogP contribution in [0.25, 0.3) is 6.08 Å². The number of nitro benzene ring substituents is 1. The van der Waals surface area contributed by atoms with Gasteiger partial charge in [0.1, 0.15) is 12.4 Å². The van der Waals surface area contributed by atoms with Gasteiger partial charge in [0.2, 0.25) is 0 Å². The third-order valence-corrected chi connectivity index (χ3v) is 8.09. The smallest absolute Gasteiger partial charge is 0.271 e. The summed E-state index contributed by atoms with van der Waals surface area (Å²) >= 11 is 14.0. The fourth-order valence-electron chi connectivity index (χ4n) is 3.99. The summed E-state index contributed by atoms with van der Waals surface area (Å²) < 4.78 is 5.91. The zero-order valence-corrected chi connectivity index (χ0v) is 24.3. The van der Waals surface area contributed by atoms with Gasteiger partial charge in [0.25, 0.3) is 11.6 Å². The summed E-state index contributed by atoms with van der Waals surface area (Å²) in [6.07, 6.45) is 1.79. The van der Waals surface area contributed by atoms with Gasteiger partial charge in [0.15, 0.2) is 5.17 Å². The number of anilines is 1. The topological polar surface area (TPSA) is 85.0 Å². The van der Waals surface area contributed by atoms with Crippen molar-refractivity contribution in [2.24, 2.45) is 4.99 Å². The van der Waals surface area contributed by atoms with E-state index in [0.717, 1.165) is 22.3 Å². The summed E-state index contributed by atoms with van der Waals surface area (Å²) in [6, 6.07) is 24.5. The van der Waals surface area contributed by atoms with E-state index in [1.54, 1.807) is 35.2 Å². The molecule has 4 aromatic carbocycles. The number of hydrogen-bond donors (Lipinski definition) is 0. The molecule has 1 fully saturated rings. The number of hydrogen-bond acceptors (Lipinski definition) is 6. The molecule has 0 radical (unpaired) electrons. The Morgan fingerprint density at radius 1 is 0.951 bits per heavy atom. The number of ether oxygens (including phenoxy) is 1. The first kappa shape index (κ1) is 28.4. The molecule has 10 heteroatoms. The molecule has 0 N–H and O–H groups in total. The number of amidine groups is 1. The third kappa shape index (κ3) is 6.62. The standard InChI is InChI=1S/C31H23Cl2N3O4S/c1-19-6-10-23(16-27(19)32)34-31-35(25-11-7-20(2)28(33)17-25)30(37)29(41-31)15-22-4-3-5-26(14-22)40-18-21-8-12-24(13-9-21)36(38)39/h3-17H,18H2,1-2H3/b29-15-,34-31?. The average molecular weight is 605 g/mol. The second-order valence-electron chi connectivity index (χ2n) is 9.30. The Morgan fingerprint density at radius 3 is 2.34 bits per heavy atom. The zero-order chi connectivity index (χ0) is 29.1. The molecule has 0 aliphatic carbocycles. The lowest BCUT2D eigenvalue weighted by Gasteiger charge is -2.16. The minimum atomic E-state index is -0.440. The van der Waals surface area contributed by atoms with Crippen LogP contribution in [0.1, 0.15) is 22.3 Å². The highest BCUT2D eigenvalue weighted by Crippen LogP contribution is 2.39. The highest BCUT2D eigenvalue weighted by Gasteiger charge is 2.35. The largest absolute Gasteiger partial charge is 0.489 e. The number of amides is 1. The first-order valence-corrected chi connectivity index (χ1v) is 14.1. The van der Waals surface area contributed by atoms with E-state index in [4.69, 9.17) is 32.9 Å². The molecule has 1 heterocycles. The highest BCUT2D eigenvalue weighted by atomic mass is 35.5. The number of nitro groups is 1. The van der Waals surface area contributed by atoms with E-state index < -0.39 is 4.92 Å². The number of non-ortho nitro benzene ring substituents is 1. The van der Waals surface area contributed by atoms with Gasteiger partial charge < -0.3 is 4.74 Å². The molecular formula is C31H23Cl2N3O4S. The Balaban J connectivity index is 1.43. The number of thioether (sulfide) groups is 1. The molecule has 206 valence electrons.